The van der Waals surface area contributed by atoms with Crippen molar-refractivity contribution in [3.8, 4) is 0 Å². The number of hydrogen-bond acceptors (Lipinski definition) is 7. The third-order valence-electron chi connectivity index (χ3n) is 8.14. The monoisotopic (exact) mass is 511 g/mol. The van der Waals surface area contributed by atoms with Crippen LogP contribution in [0.2, 0.25) is 0 Å². The molecule has 2 heterocycles. The van der Waals surface area contributed by atoms with Gasteiger partial charge in [-0.05, 0) is 49.4 Å². The normalized spacial score (nSPS) is 25.6. The van der Waals surface area contributed by atoms with Crippen molar-refractivity contribution in [1.29, 1.82) is 0 Å². The van der Waals surface area contributed by atoms with Crippen LogP contribution in [-0.4, -0.2) is 79.1 Å². The summed E-state index contributed by atoms with van der Waals surface area (Å²) in [5.41, 5.74) is 7.02. The van der Waals surface area contributed by atoms with Crippen LogP contribution < -0.4 is 21.3 Å². The first-order chi connectivity index (χ1) is 17.5. The quantitative estimate of drug-likeness (QED) is 0.483. The van der Waals surface area contributed by atoms with Crippen LogP contribution in [0.5, 0.6) is 0 Å². The van der Waals surface area contributed by atoms with Crippen LogP contribution in [0.1, 0.15) is 62.7 Å². The molecule has 1 aliphatic carbocycles. The zero-order valence-electron chi connectivity index (χ0n) is 22.5. The molecule has 4 N–H and O–H groups in total. The van der Waals surface area contributed by atoms with E-state index in [-0.39, 0.29) is 35.8 Å². The van der Waals surface area contributed by atoms with E-state index in [0.29, 0.717) is 31.4 Å². The highest BCUT2D eigenvalue weighted by atomic mass is 16.2. The standard InChI is InChI=1S/C28H41N5O4/c1-17(2)14-21(31-26(36)18-8-10-19(11-9-18)32(3)4)25(35)20-15-30-23-22(34)16-33(24(20)23)27(37)28(29)12-6-5-7-13-28/h8-11,17,20-21,23-24,30H,5-7,12-16,29H2,1-4H3,(H,31,36). The molecule has 0 radical (unpaired) electrons. The number of Topliss-reactive ketones (excluding diaryl/α,β-unsaturated/α-hetero) is 2. The molecule has 4 rings (SSSR count). The summed E-state index contributed by atoms with van der Waals surface area (Å²) in [6.07, 6.45) is 4.48. The summed E-state index contributed by atoms with van der Waals surface area (Å²) in [6, 6.07) is 5.36. The van der Waals surface area contributed by atoms with E-state index in [0.717, 1.165) is 24.9 Å². The second-order valence-electron chi connectivity index (χ2n) is 11.6. The number of benzene rings is 1. The van der Waals surface area contributed by atoms with Crippen LogP contribution in [0.25, 0.3) is 0 Å². The van der Waals surface area contributed by atoms with Gasteiger partial charge in [0.25, 0.3) is 5.91 Å². The predicted molar refractivity (Wildman–Crippen MR) is 142 cm³/mol. The van der Waals surface area contributed by atoms with Gasteiger partial charge in [0.15, 0.2) is 11.6 Å². The number of carbonyl (C=O) groups excluding carboxylic acids is 4. The number of ketones is 2. The van der Waals surface area contributed by atoms with Gasteiger partial charge in [-0.2, -0.15) is 0 Å². The number of fused-ring (bicyclic) bond motifs is 1. The SMILES string of the molecule is CC(C)CC(NC(=O)c1ccc(N(C)C)cc1)C(=O)C1CNC2C(=O)CN(C(=O)C3(N)CCCCC3)C12. The van der Waals surface area contributed by atoms with E-state index in [4.69, 9.17) is 5.73 Å². The summed E-state index contributed by atoms with van der Waals surface area (Å²) < 4.78 is 0. The lowest BCUT2D eigenvalue weighted by atomic mass is 9.80. The van der Waals surface area contributed by atoms with Crippen molar-refractivity contribution in [1.82, 2.24) is 15.5 Å². The van der Waals surface area contributed by atoms with Crippen LogP contribution in [0.3, 0.4) is 0 Å². The molecule has 9 nitrogen and oxygen atoms in total. The Labute approximate surface area is 219 Å². The average Bonchev–Trinajstić information content (AvgIpc) is 3.44. The second-order valence-corrected chi connectivity index (χ2v) is 11.6. The maximum Gasteiger partial charge on any atom is 0.251 e. The number of nitrogens with zero attached hydrogens (tertiary/aromatic N) is 2. The average molecular weight is 512 g/mol. The number of carbonyl (C=O) groups is 4. The molecule has 2 saturated heterocycles. The molecule has 202 valence electrons. The van der Waals surface area contributed by atoms with Crippen molar-refractivity contribution in [2.45, 2.75) is 76.0 Å². The first-order valence-corrected chi connectivity index (χ1v) is 13.5. The molecule has 37 heavy (non-hydrogen) atoms. The van der Waals surface area contributed by atoms with Crippen molar-refractivity contribution >= 4 is 29.1 Å². The molecular weight excluding hydrogens is 470 g/mol. The minimum absolute atomic E-state index is 0.0245. The molecule has 0 bridgehead atoms. The zero-order chi connectivity index (χ0) is 26.9. The Kier molecular flexibility index (Phi) is 8.04. The summed E-state index contributed by atoms with van der Waals surface area (Å²) >= 11 is 0. The predicted octanol–water partition coefficient (Wildman–Crippen LogP) is 1.50. The van der Waals surface area contributed by atoms with Gasteiger partial charge in [0.1, 0.15) is 0 Å². The summed E-state index contributed by atoms with van der Waals surface area (Å²) in [4.78, 5) is 57.0. The van der Waals surface area contributed by atoms with E-state index in [2.05, 4.69) is 10.6 Å². The van der Waals surface area contributed by atoms with Crippen LogP contribution in [0.4, 0.5) is 5.69 Å². The van der Waals surface area contributed by atoms with Gasteiger partial charge >= 0.3 is 0 Å². The fourth-order valence-electron chi connectivity index (χ4n) is 6.09. The van der Waals surface area contributed by atoms with Crippen LogP contribution in [0, 0.1) is 11.8 Å². The smallest absolute Gasteiger partial charge is 0.251 e. The van der Waals surface area contributed by atoms with Gasteiger partial charge < -0.3 is 26.2 Å². The first kappa shape index (κ1) is 27.3. The molecular formula is C28H41N5O4. The Bertz CT molecular complexity index is 1030. The third-order valence-corrected chi connectivity index (χ3v) is 8.14. The van der Waals surface area contributed by atoms with Gasteiger partial charge in [0, 0.05) is 31.9 Å². The number of anilines is 1. The Morgan fingerprint density at radius 1 is 1.14 bits per heavy atom. The number of hydrogen-bond donors (Lipinski definition) is 3. The van der Waals surface area contributed by atoms with Crippen molar-refractivity contribution < 1.29 is 19.2 Å². The second kappa shape index (κ2) is 10.9. The maximum absolute atomic E-state index is 13.9. The Morgan fingerprint density at radius 3 is 2.38 bits per heavy atom. The highest BCUT2D eigenvalue weighted by Gasteiger charge is 2.56. The molecule has 3 aliphatic rings. The van der Waals surface area contributed by atoms with Gasteiger partial charge in [-0.25, -0.2) is 0 Å². The molecule has 4 unspecified atom stereocenters. The summed E-state index contributed by atoms with van der Waals surface area (Å²) in [6.45, 7) is 4.28. The summed E-state index contributed by atoms with van der Waals surface area (Å²) in [5.74, 6) is -1.20. The van der Waals surface area contributed by atoms with Gasteiger partial charge in [-0.1, -0.05) is 33.1 Å². The molecule has 1 saturated carbocycles. The largest absolute Gasteiger partial charge is 0.378 e. The number of likely N-dealkylation sites (tertiary alicyclic amines) is 1. The van der Waals surface area contributed by atoms with Crippen molar-refractivity contribution in [3.63, 3.8) is 0 Å². The number of rotatable bonds is 8. The molecule has 9 heteroatoms. The maximum atomic E-state index is 13.9. The Morgan fingerprint density at radius 2 is 1.78 bits per heavy atom. The van der Waals surface area contributed by atoms with E-state index >= 15 is 0 Å². The summed E-state index contributed by atoms with van der Waals surface area (Å²) in [5, 5.41) is 6.14. The number of nitrogens with one attached hydrogen (secondary N) is 2. The Hall–Kier alpha value is -2.78. The van der Waals surface area contributed by atoms with Gasteiger partial charge in [-0.3, -0.25) is 19.2 Å². The highest BCUT2D eigenvalue weighted by molar-refractivity contribution is 6.02. The van der Waals surface area contributed by atoms with Crippen LogP contribution in [0.15, 0.2) is 24.3 Å². The van der Waals surface area contributed by atoms with Gasteiger partial charge in [0.2, 0.25) is 5.91 Å². The van der Waals surface area contributed by atoms with E-state index < -0.39 is 29.6 Å². The molecule has 1 aromatic carbocycles. The zero-order valence-corrected chi connectivity index (χ0v) is 22.5. The van der Waals surface area contributed by atoms with Gasteiger partial charge in [0.05, 0.1) is 36.1 Å². The minimum Gasteiger partial charge on any atom is -0.378 e. The molecule has 0 aromatic heterocycles. The third kappa shape index (κ3) is 5.57. The van der Waals surface area contributed by atoms with Gasteiger partial charge in [-0.15, -0.1) is 0 Å². The van der Waals surface area contributed by atoms with E-state index in [1.165, 1.54) is 0 Å². The van der Waals surface area contributed by atoms with E-state index in [9.17, 15) is 19.2 Å². The summed E-state index contributed by atoms with van der Waals surface area (Å²) in [7, 11) is 3.86. The van der Waals surface area contributed by atoms with Crippen molar-refractivity contribution in [2.75, 3.05) is 32.1 Å². The molecule has 3 fully saturated rings. The minimum atomic E-state index is -0.978. The van der Waals surface area contributed by atoms with Crippen molar-refractivity contribution in [2.24, 2.45) is 17.6 Å². The molecule has 0 spiro atoms. The lowest BCUT2D eigenvalue weighted by molar-refractivity contribution is -0.141. The fraction of sp³-hybridized carbons (Fsp3) is 0.643. The molecule has 4 atom stereocenters. The van der Waals surface area contributed by atoms with Crippen molar-refractivity contribution in [3.05, 3.63) is 29.8 Å². The molecule has 1 aromatic rings. The number of nitrogens with two attached hydrogens (primary N) is 1. The lowest BCUT2D eigenvalue weighted by Gasteiger charge is -2.38. The number of amides is 2. The lowest BCUT2D eigenvalue weighted by Crippen LogP contribution is -2.59. The molecule has 2 amide bonds. The Balaban J connectivity index is 1.54. The van der Waals surface area contributed by atoms with E-state index in [1.54, 1.807) is 17.0 Å². The van der Waals surface area contributed by atoms with Crippen LogP contribution >= 0.6 is 0 Å². The highest BCUT2D eigenvalue weighted by Crippen LogP contribution is 2.35. The van der Waals surface area contributed by atoms with Crippen LogP contribution in [-0.2, 0) is 14.4 Å². The molecule has 2 aliphatic heterocycles. The van der Waals surface area contributed by atoms with E-state index in [1.807, 2.05) is 45.0 Å². The topological polar surface area (TPSA) is 125 Å². The fourth-order valence-corrected chi connectivity index (χ4v) is 6.09. The first-order valence-electron chi connectivity index (χ1n) is 13.5.